The molecule has 0 saturated carbocycles. The fourth-order valence-corrected chi connectivity index (χ4v) is 2.14. The highest BCUT2D eigenvalue weighted by Gasteiger charge is 2.26. The molecule has 0 heterocycles. The molecule has 7 heteroatoms. The number of nitrogens with zero attached hydrogens (tertiary/aromatic N) is 1. The smallest absolute Gasteiger partial charge is 0.338 e. The number of hydrogen-bond acceptors (Lipinski definition) is 2. The molecule has 0 aliphatic rings. The maximum atomic E-state index is 11.9. The predicted molar refractivity (Wildman–Crippen MR) is 55.8 cm³/mol. The van der Waals surface area contributed by atoms with Gasteiger partial charge in [0.2, 0.25) is 0 Å². The van der Waals surface area contributed by atoms with Crippen molar-refractivity contribution in [2.75, 3.05) is 0 Å². The first-order chi connectivity index (χ1) is 7.74. The number of alkyl halides is 3. The van der Waals surface area contributed by atoms with Crippen LogP contribution < -0.4 is 5.30 Å². The third-order valence-electron chi connectivity index (χ3n) is 1.83. The monoisotopic (exact) mass is 261 g/mol. The number of rotatable bonds is 2. The molecule has 0 radical (unpaired) electrons. The molecule has 0 amide bonds. The van der Waals surface area contributed by atoms with Gasteiger partial charge >= 0.3 is 6.18 Å². The number of nitriles is 1. The summed E-state index contributed by atoms with van der Waals surface area (Å²) in [7, 11) is -4.18. The van der Waals surface area contributed by atoms with E-state index in [1.54, 1.807) is 6.07 Å². The van der Waals surface area contributed by atoms with Crippen LogP contribution in [-0.4, -0.2) is 11.1 Å². The fourth-order valence-electron chi connectivity index (χ4n) is 1.02. The van der Waals surface area contributed by atoms with Crippen LogP contribution >= 0.6 is 7.37 Å². The third-order valence-corrected chi connectivity index (χ3v) is 3.42. The van der Waals surface area contributed by atoms with E-state index in [0.29, 0.717) is 0 Å². The minimum atomic E-state index is -4.63. The maximum Gasteiger partial charge on any atom is 0.409 e. The molecule has 1 N–H and O–H groups in total. The highest BCUT2D eigenvalue weighted by atomic mass is 31.2. The highest BCUT2D eigenvalue weighted by Crippen LogP contribution is 2.42. The summed E-state index contributed by atoms with van der Waals surface area (Å²) >= 11 is 0. The zero-order valence-electron chi connectivity index (χ0n) is 8.35. The summed E-state index contributed by atoms with van der Waals surface area (Å²) < 4.78 is 47.1. The predicted octanol–water partition coefficient (Wildman–Crippen LogP) is 2.53. The summed E-state index contributed by atoms with van der Waals surface area (Å²) in [5.74, 6) is 0.231. The second-order valence-electron chi connectivity index (χ2n) is 3.14. The molecule has 90 valence electrons. The summed E-state index contributed by atoms with van der Waals surface area (Å²) in [6.45, 7) is 0. The van der Waals surface area contributed by atoms with Gasteiger partial charge in [0.1, 0.15) is 0 Å². The Balaban J connectivity index is 3.02. The van der Waals surface area contributed by atoms with Gasteiger partial charge in [0.25, 0.3) is 7.37 Å². The number of hydrogen-bond donors (Lipinski definition) is 1. The van der Waals surface area contributed by atoms with E-state index in [9.17, 15) is 22.6 Å². The highest BCUT2D eigenvalue weighted by molar-refractivity contribution is 7.69. The van der Waals surface area contributed by atoms with Gasteiger partial charge in [0.05, 0.1) is 11.6 Å². The van der Waals surface area contributed by atoms with Gasteiger partial charge in [-0.2, -0.15) is 18.4 Å². The van der Waals surface area contributed by atoms with Gasteiger partial charge in [-0.3, -0.25) is 4.57 Å². The van der Waals surface area contributed by atoms with Gasteiger partial charge in [0.15, 0.2) is 0 Å². The van der Waals surface area contributed by atoms with Crippen molar-refractivity contribution in [2.45, 2.75) is 6.18 Å². The average molecular weight is 261 g/mol. The molecule has 1 aromatic rings. The van der Waals surface area contributed by atoms with Crippen LogP contribution in [0.25, 0.3) is 0 Å². The summed E-state index contributed by atoms with van der Waals surface area (Å²) in [6.07, 6.45) is -4.91. The summed E-state index contributed by atoms with van der Waals surface area (Å²) in [6, 6.07) is 6.63. The summed E-state index contributed by atoms with van der Waals surface area (Å²) in [5.41, 5.74) is 0.258. The van der Waals surface area contributed by atoms with Gasteiger partial charge in [-0.15, -0.1) is 0 Å². The van der Waals surface area contributed by atoms with Gasteiger partial charge in [-0.25, -0.2) is 0 Å². The first kappa shape index (κ1) is 13.5. The minimum absolute atomic E-state index is 0.156. The van der Waals surface area contributed by atoms with Crippen molar-refractivity contribution in [3.63, 3.8) is 0 Å². The van der Waals surface area contributed by atoms with Crippen molar-refractivity contribution in [3.05, 3.63) is 41.7 Å². The van der Waals surface area contributed by atoms with Crippen molar-refractivity contribution in [1.29, 1.82) is 5.26 Å². The lowest BCUT2D eigenvalue weighted by molar-refractivity contribution is -0.0797. The second-order valence-corrected chi connectivity index (χ2v) is 5.20. The van der Waals surface area contributed by atoms with Crippen LogP contribution in [0.15, 0.2) is 36.2 Å². The van der Waals surface area contributed by atoms with Gasteiger partial charge in [0, 0.05) is 17.2 Å². The van der Waals surface area contributed by atoms with Crippen LogP contribution in [0.4, 0.5) is 13.2 Å². The lowest BCUT2D eigenvalue weighted by Crippen LogP contribution is -2.05. The second kappa shape index (κ2) is 4.74. The largest absolute Gasteiger partial charge is 0.409 e. The molecule has 0 aromatic heterocycles. The normalized spacial score (nSPS) is 15.5. The molecule has 1 aromatic carbocycles. The lowest BCUT2D eigenvalue weighted by atomic mass is 10.2. The van der Waals surface area contributed by atoms with E-state index >= 15 is 0 Å². The van der Waals surface area contributed by atoms with Crippen molar-refractivity contribution in [1.82, 2.24) is 0 Å². The molecule has 0 fully saturated rings. The van der Waals surface area contributed by atoms with E-state index < -0.39 is 13.5 Å². The van der Waals surface area contributed by atoms with E-state index in [1.165, 1.54) is 12.1 Å². The van der Waals surface area contributed by atoms with Crippen LogP contribution in [0.2, 0.25) is 0 Å². The topological polar surface area (TPSA) is 61.1 Å². The standard InChI is InChI=1S/C10H7F3NO2P/c11-10(12,13)5-6-17(15,16)9-3-1-8(7-14)2-4-9/h1-6H,(H,15,16). The zero-order valence-corrected chi connectivity index (χ0v) is 9.24. The fraction of sp³-hybridized carbons (Fsp3) is 0.100. The molecule has 1 rings (SSSR count). The Morgan fingerprint density at radius 3 is 2.24 bits per heavy atom. The number of allylic oxidation sites excluding steroid dienone is 1. The van der Waals surface area contributed by atoms with Crippen molar-refractivity contribution in [2.24, 2.45) is 0 Å². The first-order valence-corrected chi connectivity index (χ1v) is 6.08. The number of benzene rings is 1. The Labute approximate surface area is 95.3 Å². The lowest BCUT2D eigenvalue weighted by Gasteiger charge is -2.07. The Kier molecular flexibility index (Phi) is 3.76. The number of halogens is 3. The Morgan fingerprint density at radius 2 is 1.82 bits per heavy atom. The van der Waals surface area contributed by atoms with Crippen molar-refractivity contribution in [3.8, 4) is 6.07 Å². The third kappa shape index (κ3) is 4.06. The summed E-state index contributed by atoms with van der Waals surface area (Å²) in [4.78, 5) is 9.40. The van der Waals surface area contributed by atoms with Gasteiger partial charge in [-0.1, -0.05) is 0 Å². The van der Waals surface area contributed by atoms with Crippen LogP contribution in [0.1, 0.15) is 5.56 Å². The molecule has 1 unspecified atom stereocenters. The molecular formula is C10H7F3NO2P. The van der Waals surface area contributed by atoms with E-state index in [0.717, 1.165) is 12.1 Å². The van der Waals surface area contributed by atoms with Crippen LogP contribution in [0, 0.1) is 11.3 Å². The molecule has 1 atom stereocenters. The first-order valence-electron chi connectivity index (χ1n) is 4.35. The van der Waals surface area contributed by atoms with Crippen LogP contribution in [0.5, 0.6) is 0 Å². The maximum absolute atomic E-state index is 11.9. The molecule has 17 heavy (non-hydrogen) atoms. The molecule has 0 spiro atoms. The van der Waals surface area contributed by atoms with Crippen LogP contribution in [0.3, 0.4) is 0 Å². The Hall–Kier alpha value is -1.57. The molecular weight excluding hydrogens is 254 g/mol. The van der Waals surface area contributed by atoms with Gasteiger partial charge < -0.3 is 4.89 Å². The molecule has 0 aliphatic heterocycles. The minimum Gasteiger partial charge on any atom is -0.338 e. The zero-order chi connectivity index (χ0) is 13.1. The van der Waals surface area contributed by atoms with E-state index in [4.69, 9.17) is 5.26 Å². The van der Waals surface area contributed by atoms with E-state index in [-0.39, 0.29) is 22.8 Å². The molecule has 0 aliphatic carbocycles. The SMILES string of the molecule is N#Cc1ccc(P(=O)(O)C=CC(F)(F)F)cc1. The van der Waals surface area contributed by atoms with E-state index in [1.807, 2.05) is 0 Å². The quantitative estimate of drug-likeness (QED) is 0.832. The average Bonchev–Trinajstić information content (AvgIpc) is 2.26. The molecule has 0 bridgehead atoms. The van der Waals surface area contributed by atoms with E-state index in [2.05, 4.69) is 0 Å². The van der Waals surface area contributed by atoms with Crippen LogP contribution in [-0.2, 0) is 4.57 Å². The molecule has 0 saturated heterocycles. The molecule has 3 nitrogen and oxygen atoms in total. The Bertz CT molecular complexity index is 514. The van der Waals surface area contributed by atoms with Gasteiger partial charge in [-0.05, 0) is 24.3 Å². The summed E-state index contributed by atoms with van der Waals surface area (Å²) in [5, 5.41) is 8.34. The van der Waals surface area contributed by atoms with Crippen molar-refractivity contribution < 1.29 is 22.6 Å². The van der Waals surface area contributed by atoms with Crippen molar-refractivity contribution >= 4 is 12.7 Å². The Morgan fingerprint density at radius 1 is 1.29 bits per heavy atom.